The Bertz CT molecular complexity index is 1580. The number of fused-ring (bicyclic) bond motifs is 2. The molecule has 5 rings (SSSR count). The first-order valence-electron chi connectivity index (χ1n) is 12.7. The predicted molar refractivity (Wildman–Crippen MR) is 126 cm³/mol. The number of carbonyl (C=O) groups is 1. The van der Waals surface area contributed by atoms with Crippen molar-refractivity contribution in [1.29, 1.82) is 0 Å². The number of alkyl halides is 4. The minimum atomic E-state index is -3.46. The van der Waals surface area contributed by atoms with Crippen LogP contribution < -0.4 is 10.1 Å². The van der Waals surface area contributed by atoms with Crippen LogP contribution in [0.4, 0.5) is 23.5 Å². The largest absolute Gasteiger partial charge is 0.479 e. The van der Waals surface area contributed by atoms with Crippen LogP contribution in [0.3, 0.4) is 0 Å². The molecule has 37 heavy (non-hydrogen) atoms. The molecular weight excluding hydrogens is 496 g/mol. The number of rotatable bonds is 6. The second-order valence-corrected chi connectivity index (χ2v) is 8.96. The highest BCUT2D eigenvalue weighted by Crippen LogP contribution is 2.34. The monoisotopic (exact) mass is 523 g/mol. The molecule has 1 amide bonds. The Morgan fingerprint density at radius 3 is 2.86 bits per heavy atom. The maximum Gasteiger partial charge on any atom is 0.285 e. The first-order chi connectivity index (χ1) is 18.7. The van der Waals surface area contributed by atoms with Crippen LogP contribution in [0.1, 0.15) is 24.3 Å². The number of nitrogens with zero attached hydrogens (tertiary/aromatic N) is 7. The zero-order chi connectivity index (χ0) is 29.0. The molecule has 1 atom stereocenters. The Labute approximate surface area is 212 Å². The molecule has 14 heteroatoms. The summed E-state index contributed by atoms with van der Waals surface area (Å²) in [6.07, 6.45) is 1.32. The lowest BCUT2D eigenvalue weighted by Gasteiger charge is -2.38. The molecule has 196 valence electrons. The number of hydrogen-bond donors (Lipinski definition) is 1. The van der Waals surface area contributed by atoms with Gasteiger partial charge in [0.15, 0.2) is 0 Å². The van der Waals surface area contributed by atoms with E-state index in [2.05, 4.69) is 25.7 Å². The van der Waals surface area contributed by atoms with Crippen molar-refractivity contribution in [2.45, 2.75) is 44.6 Å². The number of amides is 1. The van der Waals surface area contributed by atoms with Gasteiger partial charge in [0.25, 0.3) is 11.8 Å². The normalized spacial score (nSPS) is 19.5. The molecule has 1 fully saturated rings. The summed E-state index contributed by atoms with van der Waals surface area (Å²) in [4.78, 5) is 16.9. The fourth-order valence-corrected chi connectivity index (χ4v) is 4.39. The maximum absolute atomic E-state index is 14.9. The topological polar surface area (TPSA) is 102 Å². The molecule has 0 radical (unpaired) electrons. The standard InChI is InChI=1S/C23H24F4N8O2/c1-13(36)33-8-7-18(23(26,27)12-33)28-21-29-20(37-3)19-15(6-9-34(19)31-21)14-4-5-16-17(10-14)35(32-30-16)11-22(2,24)25/h4-6,9-10,18H,7-8,11-12H2,1-3H3,(H,28,31)/t18-/m1/s1/i1D3. The van der Waals surface area contributed by atoms with Crippen LogP contribution in [0.15, 0.2) is 30.5 Å². The summed E-state index contributed by atoms with van der Waals surface area (Å²) in [7, 11) is 1.35. The zero-order valence-electron chi connectivity index (χ0n) is 22.8. The SMILES string of the molecule is [2H]C([2H])([2H])C(=O)N1CC[C@@H](Nc2nc(OC)c3c(-c4ccc5nnn(CC(C)(F)F)c5c4)ccn3n2)C(F)(F)C1. The number of ether oxygens (including phenoxy) is 1. The molecule has 0 unspecified atom stereocenters. The van der Waals surface area contributed by atoms with Crippen LogP contribution in [0.2, 0.25) is 0 Å². The zero-order valence-corrected chi connectivity index (χ0v) is 19.8. The second kappa shape index (κ2) is 8.85. The smallest absolute Gasteiger partial charge is 0.285 e. The summed E-state index contributed by atoms with van der Waals surface area (Å²) in [6, 6.07) is 5.23. The van der Waals surface area contributed by atoms with E-state index >= 15 is 0 Å². The lowest BCUT2D eigenvalue weighted by Crippen LogP contribution is -2.55. The molecule has 4 aromatic rings. The summed E-state index contributed by atoms with van der Waals surface area (Å²) in [5.41, 5.74) is 2.42. The van der Waals surface area contributed by atoms with Crippen molar-refractivity contribution in [3.05, 3.63) is 30.5 Å². The molecule has 0 bridgehead atoms. The van der Waals surface area contributed by atoms with Crippen LogP contribution in [0.5, 0.6) is 5.88 Å². The Balaban J connectivity index is 1.44. The predicted octanol–water partition coefficient (Wildman–Crippen LogP) is 3.47. The number of methoxy groups -OCH3 is 1. The number of nitrogens with one attached hydrogen (secondary N) is 1. The molecule has 3 aromatic heterocycles. The fraction of sp³-hybridized carbons (Fsp3) is 0.435. The third kappa shape index (κ3) is 4.74. The van der Waals surface area contributed by atoms with Gasteiger partial charge in [0.2, 0.25) is 17.7 Å². The summed E-state index contributed by atoms with van der Waals surface area (Å²) >= 11 is 0. The lowest BCUT2D eigenvalue weighted by molar-refractivity contribution is -0.140. The highest BCUT2D eigenvalue weighted by molar-refractivity contribution is 5.89. The number of halogens is 4. The second-order valence-electron chi connectivity index (χ2n) is 8.96. The lowest BCUT2D eigenvalue weighted by atomic mass is 10.0. The first kappa shape index (κ1) is 21.1. The molecule has 10 nitrogen and oxygen atoms in total. The van der Waals surface area contributed by atoms with E-state index in [1.807, 2.05) is 0 Å². The van der Waals surface area contributed by atoms with Gasteiger partial charge < -0.3 is 15.0 Å². The third-order valence-corrected chi connectivity index (χ3v) is 6.11. The molecule has 1 saturated heterocycles. The number of benzene rings is 1. The Morgan fingerprint density at radius 1 is 1.35 bits per heavy atom. The van der Waals surface area contributed by atoms with E-state index in [0.29, 0.717) is 32.6 Å². The molecule has 1 aliphatic rings. The summed E-state index contributed by atoms with van der Waals surface area (Å²) in [6.45, 7) is -4.12. The van der Waals surface area contributed by atoms with Gasteiger partial charge in [-0.1, -0.05) is 11.3 Å². The van der Waals surface area contributed by atoms with E-state index in [0.717, 1.165) is 11.6 Å². The van der Waals surface area contributed by atoms with E-state index in [1.54, 1.807) is 30.5 Å². The van der Waals surface area contributed by atoms with Crippen molar-refractivity contribution in [2.75, 3.05) is 25.5 Å². The number of anilines is 1. The summed E-state index contributed by atoms with van der Waals surface area (Å²) < 4.78 is 86.6. The van der Waals surface area contributed by atoms with E-state index in [4.69, 9.17) is 8.85 Å². The van der Waals surface area contributed by atoms with E-state index < -0.39 is 43.7 Å². The van der Waals surface area contributed by atoms with Gasteiger partial charge in [-0.25, -0.2) is 26.8 Å². The summed E-state index contributed by atoms with van der Waals surface area (Å²) in [5, 5.41) is 14.6. The van der Waals surface area contributed by atoms with Gasteiger partial charge in [0.05, 0.1) is 25.2 Å². The molecule has 0 spiro atoms. The molecule has 1 aromatic carbocycles. The Kier molecular flexibility index (Phi) is 5.06. The number of likely N-dealkylation sites (tertiary alicyclic amines) is 1. The highest BCUT2D eigenvalue weighted by Gasteiger charge is 2.45. The van der Waals surface area contributed by atoms with Crippen molar-refractivity contribution in [3.8, 4) is 17.0 Å². The molecule has 0 saturated carbocycles. The molecule has 4 heterocycles. The fourth-order valence-electron chi connectivity index (χ4n) is 4.39. The molecular formula is C23H24F4N8O2. The number of aromatic nitrogens is 6. The van der Waals surface area contributed by atoms with Gasteiger partial charge in [0.1, 0.15) is 17.6 Å². The number of carbonyl (C=O) groups excluding carboxylic acids is 1. The summed E-state index contributed by atoms with van der Waals surface area (Å²) in [5.74, 6) is -7.91. The van der Waals surface area contributed by atoms with Gasteiger partial charge in [-0.2, -0.15) is 4.98 Å². The van der Waals surface area contributed by atoms with Crippen LogP contribution in [0.25, 0.3) is 27.7 Å². The number of piperidine rings is 1. The van der Waals surface area contributed by atoms with Crippen molar-refractivity contribution >= 4 is 28.4 Å². The molecule has 1 aliphatic heterocycles. The van der Waals surface area contributed by atoms with Crippen LogP contribution >= 0.6 is 0 Å². The van der Waals surface area contributed by atoms with Crippen LogP contribution in [-0.4, -0.2) is 78.5 Å². The molecule has 0 aliphatic carbocycles. The minimum absolute atomic E-state index is 0.0580. The van der Waals surface area contributed by atoms with Gasteiger partial charge >= 0.3 is 0 Å². The van der Waals surface area contributed by atoms with E-state index in [-0.39, 0.29) is 24.8 Å². The third-order valence-electron chi connectivity index (χ3n) is 6.11. The van der Waals surface area contributed by atoms with Crippen molar-refractivity contribution < 1.29 is 31.2 Å². The molecule has 1 N–H and O–H groups in total. The van der Waals surface area contributed by atoms with Crippen molar-refractivity contribution in [1.82, 2.24) is 34.5 Å². The Morgan fingerprint density at radius 2 is 2.16 bits per heavy atom. The van der Waals surface area contributed by atoms with Crippen LogP contribution in [-0.2, 0) is 11.3 Å². The average Bonchev–Trinajstić information content (AvgIpc) is 3.46. The number of hydrogen-bond acceptors (Lipinski definition) is 7. The maximum atomic E-state index is 14.9. The first-order valence-corrected chi connectivity index (χ1v) is 11.2. The van der Waals surface area contributed by atoms with E-state index in [9.17, 15) is 22.4 Å². The van der Waals surface area contributed by atoms with Crippen molar-refractivity contribution in [3.63, 3.8) is 0 Å². The van der Waals surface area contributed by atoms with Gasteiger partial charge in [0, 0.05) is 36.2 Å². The average molecular weight is 524 g/mol. The van der Waals surface area contributed by atoms with Gasteiger partial charge in [-0.05, 0) is 30.2 Å². The van der Waals surface area contributed by atoms with Gasteiger partial charge in [-0.3, -0.25) is 4.79 Å². The highest BCUT2D eigenvalue weighted by atomic mass is 19.3. The van der Waals surface area contributed by atoms with E-state index in [1.165, 1.54) is 11.6 Å². The minimum Gasteiger partial charge on any atom is -0.479 e. The van der Waals surface area contributed by atoms with Gasteiger partial charge in [-0.15, -0.1) is 10.2 Å². The quantitative estimate of drug-likeness (QED) is 0.386. The Hall–Kier alpha value is -3.97. The van der Waals surface area contributed by atoms with Crippen molar-refractivity contribution in [2.24, 2.45) is 0 Å². The van der Waals surface area contributed by atoms with Crippen LogP contribution in [0, 0.1) is 0 Å².